The predicted octanol–water partition coefficient (Wildman–Crippen LogP) is 1.63. The number of carbonyl (C=O) groups is 1. The van der Waals surface area contributed by atoms with Crippen molar-refractivity contribution >= 4 is 5.97 Å². The Morgan fingerprint density at radius 3 is 2.94 bits per heavy atom. The number of hydrogen-bond acceptors (Lipinski definition) is 3. The first-order valence-electron chi connectivity index (χ1n) is 5.22. The second-order valence-corrected chi connectivity index (χ2v) is 3.61. The van der Waals surface area contributed by atoms with Gasteiger partial charge >= 0.3 is 5.97 Å². The standard InChI is InChI=1S/C12H16O4/c1-2-9-16-12(15)7-5-10(6-8-12)3-4-11(13)14/h3-7,15H,2,8-9H2,1H3,(H,13,14). The number of aliphatic hydroxyl groups is 1. The Labute approximate surface area is 94.5 Å². The van der Waals surface area contributed by atoms with Crippen LogP contribution in [0.2, 0.25) is 0 Å². The van der Waals surface area contributed by atoms with Crippen LogP contribution < -0.4 is 0 Å². The number of hydrogen-bond donors (Lipinski definition) is 2. The Kier molecular flexibility index (Phi) is 4.46. The molecule has 0 radical (unpaired) electrons. The SMILES string of the molecule is CCCOC1(O)C=CC(C=CC(=O)O)=CC1. The first-order valence-corrected chi connectivity index (χ1v) is 5.22. The molecule has 0 saturated heterocycles. The molecule has 0 saturated carbocycles. The summed E-state index contributed by atoms with van der Waals surface area (Å²) in [5.74, 6) is -2.23. The molecule has 1 rings (SSSR count). The molecular weight excluding hydrogens is 208 g/mol. The fourth-order valence-electron chi connectivity index (χ4n) is 1.30. The largest absolute Gasteiger partial charge is 0.478 e. The van der Waals surface area contributed by atoms with Gasteiger partial charge < -0.3 is 14.9 Å². The van der Waals surface area contributed by atoms with Crippen LogP contribution in [-0.4, -0.2) is 28.6 Å². The minimum Gasteiger partial charge on any atom is -0.478 e. The van der Waals surface area contributed by atoms with Crippen LogP contribution in [0.4, 0.5) is 0 Å². The van der Waals surface area contributed by atoms with Crippen molar-refractivity contribution in [2.45, 2.75) is 25.6 Å². The molecule has 1 unspecified atom stereocenters. The zero-order valence-corrected chi connectivity index (χ0v) is 9.22. The van der Waals surface area contributed by atoms with E-state index in [1.54, 1.807) is 18.2 Å². The Morgan fingerprint density at radius 2 is 2.44 bits per heavy atom. The van der Waals surface area contributed by atoms with Gasteiger partial charge in [-0.1, -0.05) is 19.1 Å². The maximum absolute atomic E-state index is 10.3. The van der Waals surface area contributed by atoms with Gasteiger partial charge in [-0.3, -0.25) is 0 Å². The van der Waals surface area contributed by atoms with Gasteiger partial charge in [0, 0.05) is 12.5 Å². The second kappa shape index (κ2) is 5.63. The van der Waals surface area contributed by atoms with Crippen molar-refractivity contribution in [3.63, 3.8) is 0 Å². The molecule has 0 heterocycles. The number of ether oxygens (including phenoxy) is 1. The van der Waals surface area contributed by atoms with Crippen molar-refractivity contribution in [2.24, 2.45) is 0 Å². The molecule has 1 aliphatic carbocycles. The highest BCUT2D eigenvalue weighted by molar-refractivity contribution is 5.80. The van der Waals surface area contributed by atoms with E-state index in [0.717, 1.165) is 18.1 Å². The molecular formula is C12H16O4. The summed E-state index contributed by atoms with van der Waals surface area (Å²) in [5.41, 5.74) is 0.757. The van der Waals surface area contributed by atoms with Gasteiger partial charge in [0.15, 0.2) is 5.79 Å². The zero-order valence-electron chi connectivity index (χ0n) is 9.22. The van der Waals surface area contributed by atoms with Gasteiger partial charge in [-0.2, -0.15) is 0 Å². The number of allylic oxidation sites excluding steroid dienone is 3. The lowest BCUT2D eigenvalue weighted by atomic mass is 10.0. The Morgan fingerprint density at radius 1 is 1.69 bits per heavy atom. The quantitative estimate of drug-likeness (QED) is 0.550. The average molecular weight is 224 g/mol. The van der Waals surface area contributed by atoms with Crippen LogP contribution in [0.3, 0.4) is 0 Å². The maximum Gasteiger partial charge on any atom is 0.328 e. The molecule has 0 aromatic heterocycles. The van der Waals surface area contributed by atoms with Gasteiger partial charge in [0.05, 0.1) is 6.61 Å². The Bertz CT molecular complexity index is 341. The lowest BCUT2D eigenvalue weighted by Crippen LogP contribution is -2.30. The maximum atomic E-state index is 10.3. The molecule has 0 amide bonds. The van der Waals surface area contributed by atoms with E-state index in [9.17, 15) is 9.90 Å². The molecule has 0 fully saturated rings. The summed E-state index contributed by atoms with van der Waals surface area (Å²) >= 11 is 0. The van der Waals surface area contributed by atoms with Gasteiger partial charge in [-0.15, -0.1) is 0 Å². The fourth-order valence-corrected chi connectivity index (χ4v) is 1.30. The summed E-state index contributed by atoms with van der Waals surface area (Å²) < 4.78 is 5.28. The third-order valence-corrected chi connectivity index (χ3v) is 2.14. The highest BCUT2D eigenvalue weighted by atomic mass is 16.6. The fraction of sp³-hybridized carbons (Fsp3) is 0.417. The van der Waals surface area contributed by atoms with E-state index in [1.807, 2.05) is 6.92 Å². The molecule has 0 spiro atoms. The first kappa shape index (κ1) is 12.7. The number of carboxylic acid groups (broad SMARTS) is 1. The van der Waals surface area contributed by atoms with Gasteiger partial charge in [0.1, 0.15) is 0 Å². The van der Waals surface area contributed by atoms with Gasteiger partial charge in [0.2, 0.25) is 0 Å². The van der Waals surface area contributed by atoms with Gasteiger partial charge in [-0.25, -0.2) is 4.79 Å². The highest BCUT2D eigenvalue weighted by Gasteiger charge is 2.24. The van der Waals surface area contributed by atoms with Crippen LogP contribution >= 0.6 is 0 Å². The minimum atomic E-state index is -1.24. The van der Waals surface area contributed by atoms with E-state index in [1.165, 1.54) is 6.08 Å². The highest BCUT2D eigenvalue weighted by Crippen LogP contribution is 2.22. The summed E-state index contributed by atoms with van der Waals surface area (Å²) in [7, 11) is 0. The van der Waals surface area contributed by atoms with Crippen LogP contribution in [0.15, 0.2) is 36.0 Å². The average Bonchev–Trinajstić information content (AvgIpc) is 2.26. The summed E-state index contributed by atoms with van der Waals surface area (Å²) in [5, 5.41) is 18.4. The van der Waals surface area contributed by atoms with Crippen LogP contribution in [0, 0.1) is 0 Å². The summed E-state index contributed by atoms with van der Waals surface area (Å²) in [6.45, 7) is 2.46. The van der Waals surface area contributed by atoms with E-state index in [4.69, 9.17) is 9.84 Å². The summed E-state index contributed by atoms with van der Waals surface area (Å²) in [6.07, 6.45) is 8.66. The first-order chi connectivity index (χ1) is 7.56. The van der Waals surface area contributed by atoms with Crippen molar-refractivity contribution in [1.82, 2.24) is 0 Å². The van der Waals surface area contributed by atoms with Crippen molar-refractivity contribution in [2.75, 3.05) is 6.61 Å². The molecule has 0 aliphatic heterocycles. The van der Waals surface area contributed by atoms with Gasteiger partial charge in [0.25, 0.3) is 0 Å². The lowest BCUT2D eigenvalue weighted by molar-refractivity contribution is -0.164. The molecule has 88 valence electrons. The lowest BCUT2D eigenvalue weighted by Gasteiger charge is -2.26. The van der Waals surface area contributed by atoms with Crippen molar-refractivity contribution < 1.29 is 19.7 Å². The van der Waals surface area contributed by atoms with Crippen molar-refractivity contribution in [3.8, 4) is 0 Å². The van der Waals surface area contributed by atoms with Crippen LogP contribution in [0.25, 0.3) is 0 Å². The molecule has 2 N–H and O–H groups in total. The van der Waals surface area contributed by atoms with Crippen LogP contribution in [0.1, 0.15) is 19.8 Å². The minimum absolute atomic E-state index is 0.336. The third kappa shape index (κ3) is 4.00. The van der Waals surface area contributed by atoms with Crippen LogP contribution in [-0.2, 0) is 9.53 Å². The van der Waals surface area contributed by atoms with Crippen LogP contribution in [0.5, 0.6) is 0 Å². The second-order valence-electron chi connectivity index (χ2n) is 3.61. The number of carboxylic acids is 1. The summed E-state index contributed by atoms with van der Waals surface area (Å²) in [6, 6.07) is 0. The number of rotatable bonds is 5. The van der Waals surface area contributed by atoms with E-state index in [0.29, 0.717) is 13.0 Å². The molecule has 0 bridgehead atoms. The third-order valence-electron chi connectivity index (χ3n) is 2.14. The van der Waals surface area contributed by atoms with Gasteiger partial charge in [-0.05, 0) is 24.1 Å². The van der Waals surface area contributed by atoms with Crippen molar-refractivity contribution in [3.05, 3.63) is 36.0 Å². The molecule has 0 aromatic carbocycles. The smallest absolute Gasteiger partial charge is 0.328 e. The molecule has 0 aromatic rings. The molecule has 4 nitrogen and oxygen atoms in total. The molecule has 4 heteroatoms. The molecule has 16 heavy (non-hydrogen) atoms. The Balaban J connectivity index is 2.55. The van der Waals surface area contributed by atoms with E-state index in [-0.39, 0.29) is 0 Å². The predicted molar refractivity (Wildman–Crippen MR) is 59.8 cm³/mol. The Hall–Kier alpha value is -1.39. The topological polar surface area (TPSA) is 66.8 Å². The normalized spacial score (nSPS) is 24.8. The molecule has 1 atom stereocenters. The zero-order chi connectivity index (χ0) is 12.0. The number of aliphatic carboxylic acids is 1. The van der Waals surface area contributed by atoms with E-state index < -0.39 is 11.8 Å². The van der Waals surface area contributed by atoms with Crippen molar-refractivity contribution in [1.29, 1.82) is 0 Å². The summed E-state index contributed by atoms with van der Waals surface area (Å²) in [4.78, 5) is 10.3. The van der Waals surface area contributed by atoms with E-state index in [2.05, 4.69) is 0 Å². The monoisotopic (exact) mass is 224 g/mol. The van der Waals surface area contributed by atoms with E-state index >= 15 is 0 Å². The molecule has 1 aliphatic rings.